The maximum Gasteiger partial charge on any atom is 0.282 e. The summed E-state index contributed by atoms with van der Waals surface area (Å²) in [6.07, 6.45) is 3.74. The summed E-state index contributed by atoms with van der Waals surface area (Å²) in [5.74, 6) is -0.377. The highest BCUT2D eigenvalue weighted by molar-refractivity contribution is 7.98. The van der Waals surface area contributed by atoms with E-state index in [1.807, 2.05) is 13.2 Å². The summed E-state index contributed by atoms with van der Waals surface area (Å²) in [5, 5.41) is 17.3. The molecule has 122 valence electrons. The largest absolute Gasteiger partial charge is 0.348 e. The maximum atomic E-state index is 12.4. The minimum absolute atomic E-state index is 0. The summed E-state index contributed by atoms with van der Waals surface area (Å²) in [7, 11) is 0. The van der Waals surface area contributed by atoms with Crippen LogP contribution in [0.3, 0.4) is 0 Å². The van der Waals surface area contributed by atoms with E-state index in [1.54, 1.807) is 12.1 Å². The molecule has 0 saturated carbocycles. The number of carbonyl (C=O) groups is 1. The highest BCUT2D eigenvalue weighted by Gasteiger charge is 2.26. The van der Waals surface area contributed by atoms with Gasteiger partial charge in [0.05, 0.1) is 4.92 Å². The number of nitrogens with one attached hydrogen (secondary N) is 2. The first-order valence-corrected chi connectivity index (χ1v) is 8.12. The molecule has 2 atom stereocenters. The van der Waals surface area contributed by atoms with Gasteiger partial charge in [0.25, 0.3) is 11.6 Å². The second-order valence-electron chi connectivity index (χ2n) is 5.11. The predicted octanol–water partition coefficient (Wildman–Crippen LogP) is 2.61. The standard InChI is InChI=1S/C14H19N3O3S.ClH/c1-9-12(4-3-7-15-9)16-14(18)11-8-10(21-2)5-6-13(11)17(19)20;/h5-6,8-9,12,15H,3-4,7H2,1-2H3,(H,16,18);1H. The van der Waals surface area contributed by atoms with Gasteiger partial charge in [0, 0.05) is 23.0 Å². The van der Waals surface area contributed by atoms with Gasteiger partial charge in [-0.15, -0.1) is 24.2 Å². The molecule has 2 rings (SSSR count). The lowest BCUT2D eigenvalue weighted by atomic mass is 9.99. The van der Waals surface area contributed by atoms with E-state index in [-0.39, 0.29) is 41.6 Å². The molecule has 1 aromatic rings. The van der Waals surface area contributed by atoms with Crippen LogP contribution >= 0.6 is 24.2 Å². The molecule has 0 radical (unpaired) electrons. The Morgan fingerprint density at radius 2 is 2.23 bits per heavy atom. The number of thioether (sulfide) groups is 1. The smallest absolute Gasteiger partial charge is 0.282 e. The summed E-state index contributed by atoms with van der Waals surface area (Å²) in [4.78, 5) is 23.8. The molecular weight excluding hydrogens is 326 g/mol. The van der Waals surface area contributed by atoms with Gasteiger partial charge in [-0.05, 0) is 44.7 Å². The highest BCUT2D eigenvalue weighted by atomic mass is 35.5. The molecule has 6 nitrogen and oxygen atoms in total. The maximum absolute atomic E-state index is 12.4. The van der Waals surface area contributed by atoms with Crippen molar-refractivity contribution in [1.29, 1.82) is 0 Å². The number of nitro groups is 1. The number of piperidine rings is 1. The molecule has 0 aliphatic carbocycles. The Kier molecular flexibility index (Phi) is 7.12. The number of rotatable bonds is 4. The Morgan fingerprint density at radius 1 is 1.50 bits per heavy atom. The van der Waals surface area contributed by atoms with Crippen molar-refractivity contribution in [2.24, 2.45) is 0 Å². The molecule has 1 aliphatic rings. The van der Waals surface area contributed by atoms with Crippen LogP contribution in [-0.4, -0.2) is 35.7 Å². The third kappa shape index (κ3) is 4.34. The predicted molar refractivity (Wildman–Crippen MR) is 90.1 cm³/mol. The van der Waals surface area contributed by atoms with Gasteiger partial charge >= 0.3 is 0 Å². The molecule has 22 heavy (non-hydrogen) atoms. The third-order valence-electron chi connectivity index (χ3n) is 3.72. The Morgan fingerprint density at radius 3 is 2.82 bits per heavy atom. The molecule has 1 saturated heterocycles. The van der Waals surface area contributed by atoms with Gasteiger partial charge in [-0.2, -0.15) is 0 Å². The van der Waals surface area contributed by atoms with Crippen LogP contribution in [0.4, 0.5) is 5.69 Å². The van der Waals surface area contributed by atoms with Gasteiger partial charge in [0.1, 0.15) is 5.56 Å². The third-order valence-corrected chi connectivity index (χ3v) is 4.45. The van der Waals surface area contributed by atoms with E-state index in [0.717, 1.165) is 24.3 Å². The van der Waals surface area contributed by atoms with Crippen LogP contribution in [0.25, 0.3) is 0 Å². The van der Waals surface area contributed by atoms with E-state index in [9.17, 15) is 14.9 Å². The van der Waals surface area contributed by atoms with E-state index in [0.29, 0.717) is 0 Å². The fourth-order valence-electron chi connectivity index (χ4n) is 2.47. The van der Waals surface area contributed by atoms with Crippen molar-refractivity contribution in [3.63, 3.8) is 0 Å². The van der Waals surface area contributed by atoms with Crippen molar-refractivity contribution >= 4 is 35.8 Å². The molecule has 1 aromatic carbocycles. The second-order valence-corrected chi connectivity index (χ2v) is 5.98. The molecule has 0 bridgehead atoms. The van der Waals surface area contributed by atoms with E-state index in [2.05, 4.69) is 10.6 Å². The van der Waals surface area contributed by atoms with Crippen molar-refractivity contribution in [2.75, 3.05) is 12.8 Å². The fourth-order valence-corrected chi connectivity index (χ4v) is 2.91. The van der Waals surface area contributed by atoms with Gasteiger partial charge in [-0.25, -0.2) is 0 Å². The monoisotopic (exact) mass is 345 g/mol. The van der Waals surface area contributed by atoms with Gasteiger partial charge in [-0.3, -0.25) is 14.9 Å². The summed E-state index contributed by atoms with van der Waals surface area (Å²) in [5.41, 5.74) is -0.0219. The zero-order chi connectivity index (χ0) is 15.4. The topological polar surface area (TPSA) is 84.3 Å². The van der Waals surface area contributed by atoms with Crippen LogP contribution in [0.5, 0.6) is 0 Å². The number of halogens is 1. The minimum atomic E-state index is -0.512. The van der Waals surface area contributed by atoms with E-state index >= 15 is 0 Å². The van der Waals surface area contributed by atoms with E-state index in [1.165, 1.54) is 17.8 Å². The Bertz CT molecular complexity index is 556. The number of amides is 1. The Labute approximate surface area is 140 Å². The SMILES string of the molecule is CSc1ccc([N+](=O)[O-])c(C(=O)NC2CCCNC2C)c1.Cl. The first-order chi connectivity index (χ1) is 10.0. The molecule has 8 heteroatoms. The molecule has 1 heterocycles. The van der Waals surface area contributed by atoms with Crippen LogP contribution in [-0.2, 0) is 0 Å². The van der Waals surface area contributed by atoms with Crippen molar-refractivity contribution in [3.8, 4) is 0 Å². The first-order valence-electron chi connectivity index (χ1n) is 6.89. The van der Waals surface area contributed by atoms with Crippen LogP contribution in [0, 0.1) is 10.1 Å². The molecule has 0 spiro atoms. The number of carbonyl (C=O) groups excluding carboxylic acids is 1. The molecule has 1 aliphatic heterocycles. The fraction of sp³-hybridized carbons (Fsp3) is 0.500. The zero-order valence-corrected chi connectivity index (χ0v) is 14.1. The Hall–Kier alpha value is -1.31. The Balaban J connectivity index is 0.00000242. The lowest BCUT2D eigenvalue weighted by molar-refractivity contribution is -0.385. The first kappa shape index (κ1) is 18.7. The summed E-state index contributed by atoms with van der Waals surface area (Å²) >= 11 is 1.45. The lowest BCUT2D eigenvalue weighted by Crippen LogP contribution is -2.51. The van der Waals surface area contributed by atoms with Gasteiger partial charge in [-0.1, -0.05) is 0 Å². The lowest BCUT2D eigenvalue weighted by Gasteiger charge is -2.30. The van der Waals surface area contributed by atoms with Crippen LogP contribution in [0.15, 0.2) is 23.1 Å². The quantitative estimate of drug-likeness (QED) is 0.498. The van der Waals surface area contributed by atoms with Gasteiger partial charge < -0.3 is 10.6 Å². The van der Waals surface area contributed by atoms with Crippen molar-refractivity contribution in [1.82, 2.24) is 10.6 Å². The van der Waals surface area contributed by atoms with E-state index in [4.69, 9.17) is 0 Å². The van der Waals surface area contributed by atoms with E-state index < -0.39 is 4.92 Å². The van der Waals surface area contributed by atoms with Crippen molar-refractivity contribution in [3.05, 3.63) is 33.9 Å². The average Bonchev–Trinajstić information content (AvgIpc) is 2.48. The minimum Gasteiger partial charge on any atom is -0.348 e. The molecule has 2 unspecified atom stereocenters. The summed E-state index contributed by atoms with van der Waals surface area (Å²) < 4.78 is 0. The summed E-state index contributed by atoms with van der Waals surface area (Å²) in [6.45, 7) is 2.95. The molecule has 1 amide bonds. The zero-order valence-electron chi connectivity index (χ0n) is 12.5. The number of hydrogen-bond acceptors (Lipinski definition) is 5. The summed E-state index contributed by atoms with van der Waals surface area (Å²) in [6, 6.07) is 4.81. The molecular formula is C14H20ClN3O3S. The van der Waals surface area contributed by atoms with Crippen molar-refractivity contribution < 1.29 is 9.72 Å². The number of hydrogen-bond donors (Lipinski definition) is 2. The molecule has 1 fully saturated rings. The van der Waals surface area contributed by atoms with Gasteiger partial charge in [0.15, 0.2) is 0 Å². The van der Waals surface area contributed by atoms with Crippen LogP contribution < -0.4 is 10.6 Å². The van der Waals surface area contributed by atoms with Crippen LogP contribution in [0.1, 0.15) is 30.1 Å². The molecule has 2 N–H and O–H groups in total. The number of nitro benzene ring substituents is 1. The normalized spacial score (nSPS) is 20.8. The van der Waals surface area contributed by atoms with Crippen molar-refractivity contribution in [2.45, 2.75) is 36.7 Å². The highest BCUT2D eigenvalue weighted by Crippen LogP contribution is 2.25. The van der Waals surface area contributed by atoms with Gasteiger partial charge in [0.2, 0.25) is 0 Å². The average molecular weight is 346 g/mol. The number of nitrogens with zero attached hydrogens (tertiary/aromatic N) is 1. The van der Waals surface area contributed by atoms with Crippen LogP contribution in [0.2, 0.25) is 0 Å². The number of benzene rings is 1. The molecule has 0 aromatic heterocycles. The second kappa shape index (κ2) is 8.36.